The fourth-order valence-corrected chi connectivity index (χ4v) is 5.84. The Morgan fingerprint density at radius 1 is 1.00 bits per heavy atom. The number of nitrogens with one attached hydrogen (secondary N) is 1. The first-order valence-corrected chi connectivity index (χ1v) is 11.3. The number of sulfonamides is 1. The Labute approximate surface area is 156 Å². The summed E-state index contributed by atoms with van der Waals surface area (Å²) in [6.45, 7) is 5.17. The number of ether oxygens (including phenoxy) is 2. The zero-order chi connectivity index (χ0) is 18.0. The fraction of sp³-hybridized carbons (Fsp3) is 0.684. The van der Waals surface area contributed by atoms with Crippen molar-refractivity contribution in [1.29, 1.82) is 0 Å². The third-order valence-corrected chi connectivity index (χ3v) is 7.78. The molecule has 0 aromatic heterocycles. The molecule has 26 heavy (non-hydrogen) atoms. The van der Waals surface area contributed by atoms with Crippen LogP contribution in [-0.2, 0) is 10.0 Å². The molecule has 1 saturated heterocycles. The third kappa shape index (κ3) is 3.85. The maximum absolute atomic E-state index is 13.0. The quantitative estimate of drug-likeness (QED) is 0.843. The summed E-state index contributed by atoms with van der Waals surface area (Å²) in [5.41, 5.74) is 0. The van der Waals surface area contributed by atoms with Crippen LogP contribution in [0, 0.1) is 5.92 Å². The molecule has 1 aliphatic carbocycles. The standard InChI is InChI=1S/C19H28N2O4S/c22-26(23,17-6-7-18-19(14-17)25-13-12-24-18)21-10-8-20(9-11-21)15-16-4-2-1-3-5-16/h6-7,14,16H,1-5,8-13,15H2/p+1. The van der Waals surface area contributed by atoms with Gasteiger partial charge in [-0.2, -0.15) is 4.31 Å². The fourth-order valence-electron chi connectivity index (χ4n) is 4.38. The lowest BCUT2D eigenvalue weighted by Gasteiger charge is -2.34. The van der Waals surface area contributed by atoms with E-state index < -0.39 is 10.0 Å². The van der Waals surface area contributed by atoms with E-state index in [0.717, 1.165) is 19.0 Å². The first-order chi connectivity index (χ1) is 12.6. The van der Waals surface area contributed by atoms with E-state index in [0.29, 0.717) is 42.7 Å². The van der Waals surface area contributed by atoms with E-state index in [9.17, 15) is 8.42 Å². The Kier molecular flexibility index (Phi) is 5.38. The molecule has 0 atom stereocenters. The minimum atomic E-state index is -3.47. The van der Waals surface area contributed by atoms with Gasteiger partial charge < -0.3 is 14.4 Å². The average molecular weight is 382 g/mol. The first kappa shape index (κ1) is 18.1. The van der Waals surface area contributed by atoms with Crippen molar-refractivity contribution in [1.82, 2.24) is 4.31 Å². The molecule has 6 nitrogen and oxygen atoms in total. The second-order valence-electron chi connectivity index (χ2n) is 7.67. The number of piperazine rings is 1. The Bertz CT molecular complexity index is 723. The molecule has 3 aliphatic rings. The minimum absolute atomic E-state index is 0.303. The summed E-state index contributed by atoms with van der Waals surface area (Å²) < 4.78 is 38.6. The van der Waals surface area contributed by atoms with Gasteiger partial charge in [-0.3, -0.25) is 0 Å². The van der Waals surface area contributed by atoms with Crippen LogP contribution in [0.5, 0.6) is 11.5 Å². The monoisotopic (exact) mass is 381 g/mol. The van der Waals surface area contributed by atoms with E-state index in [1.54, 1.807) is 27.4 Å². The van der Waals surface area contributed by atoms with E-state index in [1.807, 2.05) is 0 Å². The maximum Gasteiger partial charge on any atom is 0.243 e. The molecule has 2 aliphatic heterocycles. The zero-order valence-electron chi connectivity index (χ0n) is 15.3. The number of fused-ring (bicyclic) bond motifs is 1. The number of hydrogen-bond donors (Lipinski definition) is 1. The van der Waals surface area contributed by atoms with Gasteiger partial charge in [0.15, 0.2) is 11.5 Å². The lowest BCUT2D eigenvalue weighted by Crippen LogP contribution is -3.15. The molecular formula is C19H29N2O4S+. The molecule has 1 N–H and O–H groups in total. The lowest BCUT2D eigenvalue weighted by molar-refractivity contribution is -0.907. The summed E-state index contributed by atoms with van der Waals surface area (Å²) in [7, 11) is -3.47. The largest absolute Gasteiger partial charge is 0.486 e. The predicted octanol–water partition coefficient (Wildman–Crippen LogP) is 0.927. The number of quaternary nitrogens is 1. The molecule has 1 aromatic carbocycles. The highest BCUT2D eigenvalue weighted by Gasteiger charge is 2.32. The molecule has 2 heterocycles. The molecule has 1 aromatic rings. The summed E-state index contributed by atoms with van der Waals surface area (Å²) in [5, 5.41) is 0. The Morgan fingerprint density at radius 2 is 1.69 bits per heavy atom. The van der Waals surface area contributed by atoms with Crippen LogP contribution in [0.3, 0.4) is 0 Å². The van der Waals surface area contributed by atoms with Crippen molar-refractivity contribution in [2.75, 3.05) is 45.9 Å². The van der Waals surface area contributed by atoms with Crippen molar-refractivity contribution in [2.24, 2.45) is 5.92 Å². The van der Waals surface area contributed by atoms with Gasteiger partial charge in [-0.1, -0.05) is 19.3 Å². The number of rotatable bonds is 4. The Hall–Kier alpha value is -1.31. The second kappa shape index (κ2) is 7.74. The summed E-state index contributed by atoms with van der Waals surface area (Å²) in [6.07, 6.45) is 6.81. The predicted molar refractivity (Wildman–Crippen MR) is 98.3 cm³/mol. The molecule has 0 bridgehead atoms. The van der Waals surface area contributed by atoms with Crippen LogP contribution in [0.1, 0.15) is 32.1 Å². The molecule has 0 radical (unpaired) electrons. The van der Waals surface area contributed by atoms with Gasteiger partial charge in [0.05, 0.1) is 37.6 Å². The number of nitrogens with zero attached hydrogens (tertiary/aromatic N) is 1. The number of hydrogen-bond acceptors (Lipinski definition) is 4. The van der Waals surface area contributed by atoms with Crippen LogP contribution in [0.4, 0.5) is 0 Å². The summed E-state index contributed by atoms with van der Waals surface area (Å²) in [5.74, 6) is 1.98. The van der Waals surface area contributed by atoms with Gasteiger partial charge in [-0.05, 0) is 25.0 Å². The molecule has 0 spiro atoms. The van der Waals surface area contributed by atoms with Gasteiger partial charge >= 0.3 is 0 Å². The van der Waals surface area contributed by atoms with Crippen LogP contribution in [-0.4, -0.2) is 58.7 Å². The smallest absolute Gasteiger partial charge is 0.243 e. The van der Waals surface area contributed by atoms with Crippen LogP contribution in [0.15, 0.2) is 23.1 Å². The van der Waals surface area contributed by atoms with Gasteiger partial charge in [-0.15, -0.1) is 0 Å². The normalized spacial score (nSPS) is 23.1. The van der Waals surface area contributed by atoms with E-state index >= 15 is 0 Å². The molecule has 2 fully saturated rings. The van der Waals surface area contributed by atoms with E-state index in [2.05, 4.69) is 0 Å². The Morgan fingerprint density at radius 3 is 2.42 bits per heavy atom. The zero-order valence-corrected chi connectivity index (χ0v) is 16.1. The van der Waals surface area contributed by atoms with Crippen LogP contribution in [0.2, 0.25) is 0 Å². The maximum atomic E-state index is 13.0. The molecule has 0 unspecified atom stereocenters. The lowest BCUT2D eigenvalue weighted by atomic mass is 9.89. The SMILES string of the molecule is O=S(=O)(c1ccc2c(c1)OCCO2)N1CC[NH+](CC2CCCCC2)CC1. The van der Waals surface area contributed by atoms with Gasteiger partial charge in [0.1, 0.15) is 13.2 Å². The van der Waals surface area contributed by atoms with Crippen LogP contribution >= 0.6 is 0 Å². The van der Waals surface area contributed by atoms with Gasteiger partial charge in [0, 0.05) is 12.0 Å². The highest BCUT2D eigenvalue weighted by atomic mass is 32.2. The van der Waals surface area contributed by atoms with Gasteiger partial charge in [0.25, 0.3) is 0 Å². The minimum Gasteiger partial charge on any atom is -0.486 e. The molecule has 1 saturated carbocycles. The highest BCUT2D eigenvalue weighted by molar-refractivity contribution is 7.89. The van der Waals surface area contributed by atoms with Crippen molar-refractivity contribution in [3.8, 4) is 11.5 Å². The van der Waals surface area contributed by atoms with Crippen LogP contribution < -0.4 is 14.4 Å². The summed E-state index contributed by atoms with van der Waals surface area (Å²) >= 11 is 0. The highest BCUT2D eigenvalue weighted by Crippen LogP contribution is 2.33. The topological polar surface area (TPSA) is 60.3 Å². The van der Waals surface area contributed by atoms with Gasteiger partial charge in [-0.25, -0.2) is 8.42 Å². The van der Waals surface area contributed by atoms with Crippen molar-refractivity contribution >= 4 is 10.0 Å². The average Bonchev–Trinajstić information content (AvgIpc) is 2.69. The molecule has 0 amide bonds. The van der Waals surface area contributed by atoms with E-state index in [1.165, 1.54) is 38.6 Å². The summed E-state index contributed by atoms with van der Waals surface area (Å²) in [4.78, 5) is 1.86. The number of benzene rings is 1. The van der Waals surface area contributed by atoms with Crippen molar-refractivity contribution in [3.63, 3.8) is 0 Å². The van der Waals surface area contributed by atoms with E-state index in [-0.39, 0.29) is 0 Å². The van der Waals surface area contributed by atoms with Crippen molar-refractivity contribution in [2.45, 2.75) is 37.0 Å². The first-order valence-electron chi connectivity index (χ1n) is 9.86. The molecular weight excluding hydrogens is 352 g/mol. The van der Waals surface area contributed by atoms with Crippen molar-refractivity contribution < 1.29 is 22.8 Å². The van der Waals surface area contributed by atoms with Crippen molar-refractivity contribution in [3.05, 3.63) is 18.2 Å². The molecule has 4 rings (SSSR count). The third-order valence-electron chi connectivity index (χ3n) is 5.88. The molecule has 144 valence electrons. The van der Waals surface area contributed by atoms with Gasteiger partial charge in [0.2, 0.25) is 10.0 Å². The Balaban J connectivity index is 1.38. The second-order valence-corrected chi connectivity index (χ2v) is 9.61. The van der Waals surface area contributed by atoms with Crippen LogP contribution in [0.25, 0.3) is 0 Å². The van der Waals surface area contributed by atoms with E-state index in [4.69, 9.17) is 9.47 Å². The molecule has 7 heteroatoms. The summed E-state index contributed by atoms with van der Waals surface area (Å²) in [6, 6.07) is 4.93.